The van der Waals surface area contributed by atoms with Gasteiger partial charge in [-0.05, 0) is 73.3 Å². The minimum atomic E-state index is -0.785. The Hall–Kier alpha value is -3.68. The summed E-state index contributed by atoms with van der Waals surface area (Å²) in [4.78, 5) is 23.4. The Bertz CT molecular complexity index is 1280. The molecular formula is C24H17Br2N3O5. The summed E-state index contributed by atoms with van der Waals surface area (Å²) in [6, 6.07) is 18.9. The fourth-order valence-electron chi connectivity index (χ4n) is 2.93. The lowest BCUT2D eigenvalue weighted by Gasteiger charge is -2.12. The van der Waals surface area contributed by atoms with E-state index in [1.807, 2.05) is 36.4 Å². The van der Waals surface area contributed by atoms with Crippen molar-refractivity contribution in [2.45, 2.75) is 6.61 Å². The van der Waals surface area contributed by atoms with Gasteiger partial charge >= 0.3 is 0 Å². The van der Waals surface area contributed by atoms with Gasteiger partial charge in [0.25, 0.3) is 11.6 Å². The second-order valence-corrected chi connectivity index (χ2v) is 8.56. The summed E-state index contributed by atoms with van der Waals surface area (Å²) >= 11 is 6.92. The summed E-state index contributed by atoms with van der Waals surface area (Å²) in [7, 11) is 1.38. The maximum atomic E-state index is 12.7. The van der Waals surface area contributed by atoms with Crippen LogP contribution in [0, 0.1) is 21.4 Å². The van der Waals surface area contributed by atoms with Gasteiger partial charge in [0.2, 0.25) is 0 Å². The number of carbonyl (C=O) groups is 1. The average molecular weight is 587 g/mol. The van der Waals surface area contributed by atoms with Gasteiger partial charge in [-0.15, -0.1) is 0 Å². The third-order valence-corrected chi connectivity index (χ3v) is 5.75. The smallest absolute Gasteiger partial charge is 0.296 e. The van der Waals surface area contributed by atoms with Crippen LogP contribution in [0.15, 0.2) is 75.2 Å². The molecule has 34 heavy (non-hydrogen) atoms. The number of nitrogens with one attached hydrogen (secondary N) is 1. The predicted octanol–water partition coefficient (Wildman–Crippen LogP) is 6.25. The molecule has 0 saturated heterocycles. The van der Waals surface area contributed by atoms with Crippen molar-refractivity contribution in [3.8, 4) is 17.6 Å². The van der Waals surface area contributed by atoms with Crippen molar-refractivity contribution in [2.75, 3.05) is 12.4 Å². The Morgan fingerprint density at radius 2 is 1.82 bits per heavy atom. The second kappa shape index (κ2) is 11.4. The van der Waals surface area contributed by atoms with Crippen molar-refractivity contribution in [1.29, 1.82) is 5.26 Å². The quantitative estimate of drug-likeness (QED) is 0.144. The van der Waals surface area contributed by atoms with Gasteiger partial charge in [0.05, 0.1) is 27.0 Å². The molecule has 0 unspecified atom stereocenters. The first-order valence-electron chi connectivity index (χ1n) is 9.73. The van der Waals surface area contributed by atoms with Gasteiger partial charge in [-0.25, -0.2) is 0 Å². The molecule has 0 bridgehead atoms. The predicted molar refractivity (Wildman–Crippen MR) is 134 cm³/mol. The SMILES string of the molecule is COc1ccc(NC(=O)/C(C#N)=C/c2cc(Br)c(OCc3ccccc3)c(Br)c2)c([N+](=O)[O-])c1. The largest absolute Gasteiger partial charge is 0.496 e. The van der Waals surface area contributed by atoms with E-state index in [4.69, 9.17) is 9.47 Å². The molecule has 0 aromatic heterocycles. The molecule has 3 rings (SSSR count). The number of nitro groups is 1. The van der Waals surface area contributed by atoms with Gasteiger partial charge in [-0.2, -0.15) is 5.26 Å². The lowest BCUT2D eigenvalue weighted by molar-refractivity contribution is -0.384. The van der Waals surface area contributed by atoms with Crippen LogP contribution in [0.3, 0.4) is 0 Å². The molecule has 0 aliphatic rings. The number of methoxy groups -OCH3 is 1. The van der Waals surface area contributed by atoms with E-state index < -0.39 is 10.8 Å². The number of nitriles is 1. The summed E-state index contributed by atoms with van der Waals surface area (Å²) in [5.41, 5.74) is 0.907. The number of ether oxygens (including phenoxy) is 2. The minimum Gasteiger partial charge on any atom is -0.496 e. The Morgan fingerprint density at radius 1 is 1.15 bits per heavy atom. The van der Waals surface area contributed by atoms with Crippen molar-refractivity contribution in [1.82, 2.24) is 0 Å². The van der Waals surface area contributed by atoms with Crippen molar-refractivity contribution in [3.05, 3.63) is 96.4 Å². The number of amides is 1. The molecule has 172 valence electrons. The summed E-state index contributed by atoms with van der Waals surface area (Å²) in [6.07, 6.45) is 1.38. The van der Waals surface area contributed by atoms with E-state index in [0.717, 1.165) is 5.56 Å². The third kappa shape index (κ3) is 6.21. The monoisotopic (exact) mass is 585 g/mol. The second-order valence-electron chi connectivity index (χ2n) is 6.85. The first-order valence-corrected chi connectivity index (χ1v) is 11.3. The lowest BCUT2D eigenvalue weighted by Crippen LogP contribution is -2.14. The fourth-order valence-corrected chi connectivity index (χ4v) is 4.38. The van der Waals surface area contributed by atoms with Gasteiger partial charge in [0.15, 0.2) is 0 Å². The first kappa shape index (κ1) is 25.0. The van der Waals surface area contributed by atoms with Gasteiger partial charge in [0.1, 0.15) is 35.4 Å². The highest BCUT2D eigenvalue weighted by atomic mass is 79.9. The van der Waals surface area contributed by atoms with Crippen LogP contribution in [-0.2, 0) is 11.4 Å². The summed E-state index contributed by atoms with van der Waals surface area (Å²) in [5.74, 6) is 0.0512. The van der Waals surface area contributed by atoms with Crippen molar-refractivity contribution in [2.24, 2.45) is 0 Å². The van der Waals surface area contributed by atoms with E-state index in [1.54, 1.807) is 12.1 Å². The van der Waals surface area contributed by atoms with Crippen LogP contribution in [0.4, 0.5) is 11.4 Å². The zero-order valence-corrected chi connectivity index (χ0v) is 20.9. The normalized spacial score (nSPS) is 10.8. The molecule has 8 nitrogen and oxygen atoms in total. The van der Waals surface area contributed by atoms with Crippen LogP contribution in [0.5, 0.6) is 11.5 Å². The standard InChI is InChI=1S/C24H17Br2N3O5/c1-33-18-7-8-21(22(12-18)29(31)32)28-24(30)17(13-27)9-16-10-19(25)23(20(26)11-16)34-14-15-5-3-2-4-6-15/h2-12H,14H2,1H3,(H,28,30)/b17-9+. The van der Waals surface area contributed by atoms with Gasteiger partial charge in [0, 0.05) is 0 Å². The van der Waals surface area contributed by atoms with Crippen molar-refractivity contribution in [3.63, 3.8) is 0 Å². The summed E-state index contributed by atoms with van der Waals surface area (Å²) in [5, 5.41) is 23.3. The van der Waals surface area contributed by atoms with Crippen LogP contribution in [-0.4, -0.2) is 17.9 Å². The number of nitro benzene ring substituents is 1. The number of anilines is 1. The molecule has 3 aromatic rings. The third-order valence-electron chi connectivity index (χ3n) is 4.57. The Balaban J connectivity index is 1.81. The van der Waals surface area contributed by atoms with Crippen molar-refractivity contribution >= 4 is 55.2 Å². The molecule has 0 spiro atoms. The fraction of sp³-hybridized carbons (Fsp3) is 0.0833. The van der Waals surface area contributed by atoms with Crippen LogP contribution < -0.4 is 14.8 Å². The van der Waals surface area contributed by atoms with Gasteiger partial charge < -0.3 is 14.8 Å². The average Bonchev–Trinajstić information content (AvgIpc) is 2.82. The lowest BCUT2D eigenvalue weighted by atomic mass is 10.1. The van der Waals surface area contributed by atoms with Crippen LogP contribution in [0.25, 0.3) is 6.08 Å². The number of hydrogen-bond acceptors (Lipinski definition) is 6. The first-order chi connectivity index (χ1) is 16.3. The van der Waals surface area contributed by atoms with Crippen LogP contribution >= 0.6 is 31.9 Å². The van der Waals surface area contributed by atoms with Gasteiger partial charge in [-0.3, -0.25) is 14.9 Å². The minimum absolute atomic E-state index is 0.0519. The number of carbonyl (C=O) groups excluding carboxylic acids is 1. The summed E-state index contributed by atoms with van der Waals surface area (Å²) < 4.78 is 12.1. The number of nitrogens with zero attached hydrogens (tertiary/aromatic N) is 2. The van der Waals surface area contributed by atoms with E-state index in [9.17, 15) is 20.2 Å². The molecule has 0 atom stereocenters. The number of rotatable bonds is 8. The van der Waals surface area contributed by atoms with E-state index in [1.165, 1.54) is 31.4 Å². The maximum absolute atomic E-state index is 12.7. The summed E-state index contributed by atoms with van der Waals surface area (Å²) in [6.45, 7) is 0.361. The Kier molecular flexibility index (Phi) is 8.40. The highest BCUT2D eigenvalue weighted by Gasteiger charge is 2.19. The Labute approximate surface area is 212 Å². The molecule has 0 radical (unpaired) electrons. The van der Waals surface area contributed by atoms with E-state index >= 15 is 0 Å². The van der Waals surface area contributed by atoms with Crippen LogP contribution in [0.2, 0.25) is 0 Å². The van der Waals surface area contributed by atoms with Gasteiger partial charge in [-0.1, -0.05) is 30.3 Å². The molecule has 0 saturated carbocycles. The number of halogens is 2. The molecule has 0 aliphatic carbocycles. The zero-order chi connectivity index (χ0) is 24.7. The highest BCUT2D eigenvalue weighted by Crippen LogP contribution is 2.36. The highest BCUT2D eigenvalue weighted by molar-refractivity contribution is 9.11. The maximum Gasteiger partial charge on any atom is 0.296 e. The zero-order valence-electron chi connectivity index (χ0n) is 17.7. The topological polar surface area (TPSA) is 114 Å². The Morgan fingerprint density at radius 3 is 2.41 bits per heavy atom. The molecule has 0 aliphatic heterocycles. The number of benzene rings is 3. The van der Waals surface area contributed by atoms with E-state index in [2.05, 4.69) is 37.2 Å². The molecule has 10 heteroatoms. The molecule has 0 heterocycles. The molecule has 3 aromatic carbocycles. The van der Waals surface area contributed by atoms with Crippen LogP contribution in [0.1, 0.15) is 11.1 Å². The molecule has 1 N–H and O–H groups in total. The van der Waals surface area contributed by atoms with E-state index in [0.29, 0.717) is 26.9 Å². The van der Waals surface area contributed by atoms with E-state index in [-0.39, 0.29) is 22.7 Å². The molecule has 1 amide bonds. The molecular weight excluding hydrogens is 570 g/mol. The van der Waals surface area contributed by atoms with Crippen molar-refractivity contribution < 1.29 is 19.2 Å². The molecule has 0 fully saturated rings. The number of hydrogen-bond donors (Lipinski definition) is 1.